The lowest BCUT2D eigenvalue weighted by Crippen LogP contribution is -2.34. The summed E-state index contributed by atoms with van der Waals surface area (Å²) in [5.74, 6) is -0.112. The van der Waals surface area contributed by atoms with Gasteiger partial charge in [-0.15, -0.1) is 0 Å². The molecule has 1 aliphatic heterocycles. The molecule has 0 atom stereocenters. The van der Waals surface area contributed by atoms with Gasteiger partial charge in [-0.2, -0.15) is 0 Å². The van der Waals surface area contributed by atoms with Gasteiger partial charge in [-0.05, 0) is 31.4 Å². The average Bonchev–Trinajstić information content (AvgIpc) is 2.29. The second-order valence-electron chi connectivity index (χ2n) is 4.36. The Kier molecular flexibility index (Phi) is 3.91. The number of aryl methyl sites for hydroxylation is 1. The third kappa shape index (κ3) is 3.03. The maximum absolute atomic E-state index is 13.5. The minimum Gasteiger partial charge on any atom is -0.381 e. The Labute approximate surface area is 95.8 Å². The highest BCUT2D eigenvalue weighted by Gasteiger charge is 2.13. The van der Waals surface area contributed by atoms with E-state index in [2.05, 4.69) is 5.32 Å². The number of benzene rings is 1. The van der Waals surface area contributed by atoms with Crippen molar-refractivity contribution in [1.29, 1.82) is 0 Å². The molecule has 0 spiro atoms. The summed E-state index contributed by atoms with van der Waals surface area (Å²) >= 11 is 0. The van der Waals surface area contributed by atoms with Crippen molar-refractivity contribution in [2.24, 2.45) is 0 Å². The number of nitrogens with one attached hydrogen (secondary N) is 1. The number of hydrogen-bond donors (Lipinski definition) is 1. The van der Waals surface area contributed by atoms with Gasteiger partial charge in [0.2, 0.25) is 0 Å². The van der Waals surface area contributed by atoms with E-state index in [9.17, 15) is 4.39 Å². The van der Waals surface area contributed by atoms with Crippen molar-refractivity contribution < 1.29 is 9.13 Å². The van der Waals surface area contributed by atoms with Crippen LogP contribution in [0.5, 0.6) is 0 Å². The fraction of sp³-hybridized carbons (Fsp3) is 0.538. The van der Waals surface area contributed by atoms with Crippen molar-refractivity contribution >= 4 is 0 Å². The number of rotatable bonds is 3. The monoisotopic (exact) mass is 223 g/mol. The zero-order chi connectivity index (χ0) is 11.4. The average molecular weight is 223 g/mol. The predicted molar refractivity (Wildman–Crippen MR) is 61.8 cm³/mol. The maximum atomic E-state index is 13.5. The molecule has 1 N–H and O–H groups in total. The first-order valence-electron chi connectivity index (χ1n) is 5.82. The fourth-order valence-corrected chi connectivity index (χ4v) is 1.95. The van der Waals surface area contributed by atoms with Gasteiger partial charge in [-0.1, -0.05) is 12.1 Å². The van der Waals surface area contributed by atoms with Crippen LogP contribution in [0.1, 0.15) is 24.0 Å². The molecule has 88 valence electrons. The van der Waals surface area contributed by atoms with Crippen molar-refractivity contribution in [3.8, 4) is 0 Å². The van der Waals surface area contributed by atoms with Gasteiger partial charge in [0.05, 0.1) is 0 Å². The van der Waals surface area contributed by atoms with Crippen LogP contribution in [0.2, 0.25) is 0 Å². The number of ether oxygens (including phenoxy) is 1. The molecule has 0 bridgehead atoms. The first kappa shape index (κ1) is 11.6. The second-order valence-corrected chi connectivity index (χ2v) is 4.36. The molecule has 0 amide bonds. The van der Waals surface area contributed by atoms with Crippen LogP contribution in [-0.2, 0) is 11.3 Å². The van der Waals surface area contributed by atoms with E-state index >= 15 is 0 Å². The van der Waals surface area contributed by atoms with Crippen LogP contribution in [0, 0.1) is 12.7 Å². The van der Waals surface area contributed by atoms with Crippen molar-refractivity contribution in [2.45, 2.75) is 32.4 Å². The van der Waals surface area contributed by atoms with Crippen molar-refractivity contribution in [2.75, 3.05) is 13.2 Å². The highest BCUT2D eigenvalue weighted by Crippen LogP contribution is 2.12. The van der Waals surface area contributed by atoms with Gasteiger partial charge < -0.3 is 10.1 Å². The summed E-state index contributed by atoms with van der Waals surface area (Å²) in [5.41, 5.74) is 1.71. The van der Waals surface area contributed by atoms with Crippen molar-refractivity contribution in [3.63, 3.8) is 0 Å². The SMILES string of the molecule is Cc1ccc(CNC2CCOCC2)c(F)c1. The van der Waals surface area contributed by atoms with Crippen LogP contribution in [0.25, 0.3) is 0 Å². The summed E-state index contributed by atoms with van der Waals surface area (Å²) < 4.78 is 18.8. The van der Waals surface area contributed by atoms with E-state index in [0.717, 1.165) is 37.2 Å². The molecule has 0 aromatic heterocycles. The lowest BCUT2D eigenvalue weighted by Gasteiger charge is -2.23. The molecule has 1 heterocycles. The number of hydrogen-bond acceptors (Lipinski definition) is 2. The van der Waals surface area contributed by atoms with Gasteiger partial charge in [0.25, 0.3) is 0 Å². The first-order valence-corrected chi connectivity index (χ1v) is 5.82. The van der Waals surface area contributed by atoms with E-state index in [-0.39, 0.29) is 5.82 Å². The molecule has 1 aliphatic rings. The quantitative estimate of drug-likeness (QED) is 0.849. The lowest BCUT2D eigenvalue weighted by molar-refractivity contribution is 0.0775. The van der Waals surface area contributed by atoms with Gasteiger partial charge in [-0.25, -0.2) is 4.39 Å². The van der Waals surface area contributed by atoms with E-state index in [0.29, 0.717) is 12.6 Å². The van der Waals surface area contributed by atoms with E-state index in [1.54, 1.807) is 6.07 Å². The van der Waals surface area contributed by atoms with Gasteiger partial charge in [0.1, 0.15) is 5.82 Å². The molecule has 2 nitrogen and oxygen atoms in total. The minimum atomic E-state index is -0.112. The van der Waals surface area contributed by atoms with E-state index in [4.69, 9.17) is 4.74 Å². The summed E-state index contributed by atoms with van der Waals surface area (Å²) in [6.07, 6.45) is 2.04. The number of halogens is 1. The molecule has 0 unspecified atom stereocenters. The van der Waals surface area contributed by atoms with Gasteiger partial charge in [-0.3, -0.25) is 0 Å². The van der Waals surface area contributed by atoms with Gasteiger partial charge in [0, 0.05) is 31.4 Å². The largest absolute Gasteiger partial charge is 0.381 e. The highest BCUT2D eigenvalue weighted by atomic mass is 19.1. The molecular formula is C13H18FNO. The van der Waals surface area contributed by atoms with Crippen LogP contribution >= 0.6 is 0 Å². The molecule has 3 heteroatoms. The summed E-state index contributed by atoms with van der Waals surface area (Å²) in [6.45, 7) is 4.14. The maximum Gasteiger partial charge on any atom is 0.127 e. The van der Waals surface area contributed by atoms with Gasteiger partial charge in [0.15, 0.2) is 0 Å². The van der Waals surface area contributed by atoms with E-state index in [1.165, 1.54) is 0 Å². The second kappa shape index (κ2) is 5.41. The van der Waals surface area contributed by atoms with Crippen LogP contribution in [0.3, 0.4) is 0 Å². The molecule has 0 saturated carbocycles. The summed E-state index contributed by atoms with van der Waals surface area (Å²) in [4.78, 5) is 0. The molecule has 2 rings (SSSR count). The predicted octanol–water partition coefficient (Wildman–Crippen LogP) is 2.40. The van der Waals surface area contributed by atoms with Crippen LogP contribution in [-0.4, -0.2) is 19.3 Å². The van der Waals surface area contributed by atoms with E-state index in [1.807, 2.05) is 19.1 Å². The van der Waals surface area contributed by atoms with Gasteiger partial charge >= 0.3 is 0 Å². The zero-order valence-electron chi connectivity index (χ0n) is 9.63. The lowest BCUT2D eigenvalue weighted by atomic mass is 10.1. The van der Waals surface area contributed by atoms with Crippen LogP contribution in [0.15, 0.2) is 18.2 Å². The Bertz CT molecular complexity index is 348. The Morgan fingerprint density at radius 1 is 1.38 bits per heavy atom. The topological polar surface area (TPSA) is 21.3 Å². The zero-order valence-corrected chi connectivity index (χ0v) is 9.63. The molecule has 16 heavy (non-hydrogen) atoms. The summed E-state index contributed by atoms with van der Waals surface area (Å²) in [7, 11) is 0. The molecule has 1 aromatic rings. The minimum absolute atomic E-state index is 0.112. The molecular weight excluding hydrogens is 205 g/mol. The summed E-state index contributed by atoms with van der Waals surface area (Å²) in [6, 6.07) is 5.86. The van der Waals surface area contributed by atoms with Crippen LogP contribution in [0.4, 0.5) is 4.39 Å². The smallest absolute Gasteiger partial charge is 0.127 e. The Balaban J connectivity index is 1.88. The third-order valence-corrected chi connectivity index (χ3v) is 3.01. The summed E-state index contributed by atoms with van der Waals surface area (Å²) in [5, 5.41) is 3.38. The third-order valence-electron chi connectivity index (χ3n) is 3.01. The van der Waals surface area contributed by atoms with E-state index < -0.39 is 0 Å². The molecule has 1 saturated heterocycles. The Morgan fingerprint density at radius 2 is 2.12 bits per heavy atom. The van der Waals surface area contributed by atoms with Crippen molar-refractivity contribution in [1.82, 2.24) is 5.32 Å². The van der Waals surface area contributed by atoms with Crippen molar-refractivity contribution in [3.05, 3.63) is 35.1 Å². The fourth-order valence-electron chi connectivity index (χ4n) is 1.95. The Hall–Kier alpha value is -0.930. The van der Waals surface area contributed by atoms with Crippen LogP contribution < -0.4 is 5.32 Å². The molecule has 0 radical (unpaired) electrons. The molecule has 1 aromatic carbocycles. The molecule has 1 fully saturated rings. The normalized spacial score (nSPS) is 17.6. The highest BCUT2D eigenvalue weighted by molar-refractivity contribution is 5.23. The Morgan fingerprint density at radius 3 is 2.81 bits per heavy atom. The molecule has 0 aliphatic carbocycles. The standard InChI is InChI=1S/C13H18FNO/c1-10-2-3-11(13(14)8-10)9-15-12-4-6-16-7-5-12/h2-3,8,12,15H,4-7,9H2,1H3. The first-order chi connectivity index (χ1) is 7.75.